The van der Waals surface area contributed by atoms with Crippen molar-refractivity contribution in [2.75, 3.05) is 0 Å². The minimum absolute atomic E-state index is 0.376. The molecule has 6 heteroatoms. The lowest BCUT2D eigenvalue weighted by Crippen LogP contribution is -2.11. The molecular formula is C21H15ClN4O. The highest BCUT2D eigenvalue weighted by molar-refractivity contribution is 6.33. The summed E-state index contributed by atoms with van der Waals surface area (Å²) in [6.45, 7) is 0. The van der Waals surface area contributed by atoms with Crippen LogP contribution < -0.4 is 5.73 Å². The fraction of sp³-hybridized carbons (Fsp3) is 0. The van der Waals surface area contributed by atoms with Crippen LogP contribution in [-0.2, 0) is 0 Å². The van der Waals surface area contributed by atoms with Crippen LogP contribution in [-0.4, -0.2) is 20.9 Å². The Hall–Kier alpha value is -3.44. The predicted molar refractivity (Wildman–Crippen MR) is 108 cm³/mol. The molecule has 0 aliphatic rings. The summed E-state index contributed by atoms with van der Waals surface area (Å²) in [5.41, 5.74) is 9.64. The number of H-pyrrole nitrogens is 1. The van der Waals surface area contributed by atoms with Gasteiger partial charge >= 0.3 is 0 Å². The van der Waals surface area contributed by atoms with Crippen molar-refractivity contribution in [1.29, 1.82) is 0 Å². The van der Waals surface area contributed by atoms with Gasteiger partial charge in [0.1, 0.15) is 11.3 Å². The number of nitrogens with zero attached hydrogens (tertiary/aromatic N) is 2. The molecule has 0 fully saturated rings. The number of nitrogens with one attached hydrogen (secondary N) is 1. The van der Waals surface area contributed by atoms with Crippen molar-refractivity contribution in [2.24, 2.45) is 5.73 Å². The van der Waals surface area contributed by atoms with Crippen molar-refractivity contribution in [3.8, 4) is 11.4 Å². The molecule has 4 aromatic rings. The number of hydrogen-bond acceptors (Lipinski definition) is 3. The fourth-order valence-electron chi connectivity index (χ4n) is 2.84. The monoisotopic (exact) mass is 374 g/mol. The van der Waals surface area contributed by atoms with E-state index in [1.54, 1.807) is 18.3 Å². The van der Waals surface area contributed by atoms with E-state index >= 15 is 0 Å². The number of aromatic nitrogens is 3. The molecule has 4 rings (SSSR count). The van der Waals surface area contributed by atoms with E-state index < -0.39 is 5.91 Å². The zero-order valence-electron chi connectivity index (χ0n) is 14.2. The van der Waals surface area contributed by atoms with Gasteiger partial charge in [-0.05, 0) is 48.0 Å². The fourth-order valence-corrected chi connectivity index (χ4v) is 3.12. The summed E-state index contributed by atoms with van der Waals surface area (Å²) < 4.78 is 0. The number of halogens is 1. The first-order chi connectivity index (χ1) is 13.1. The number of hydrogen-bond donors (Lipinski definition) is 2. The molecule has 0 atom stereocenters. The first kappa shape index (κ1) is 17.0. The lowest BCUT2D eigenvalue weighted by molar-refractivity contribution is 0.100. The lowest BCUT2D eigenvalue weighted by atomic mass is 10.1. The second-order valence-corrected chi connectivity index (χ2v) is 6.39. The van der Waals surface area contributed by atoms with E-state index in [-0.39, 0.29) is 0 Å². The van der Waals surface area contributed by atoms with E-state index in [1.807, 2.05) is 54.6 Å². The summed E-state index contributed by atoms with van der Waals surface area (Å²) >= 11 is 6.47. The van der Waals surface area contributed by atoms with Gasteiger partial charge in [-0.3, -0.25) is 9.78 Å². The Morgan fingerprint density at radius 3 is 2.70 bits per heavy atom. The Labute approximate surface area is 160 Å². The van der Waals surface area contributed by atoms with Crippen LogP contribution in [0.2, 0.25) is 5.02 Å². The average Bonchev–Trinajstić information content (AvgIpc) is 3.11. The predicted octanol–water partition coefficient (Wildman–Crippen LogP) is 4.55. The SMILES string of the molecule is NC(=O)c1cccc2[nH]c(-c3ccc(/C=C/c4ccccn4)cc3Cl)nc12. The molecule has 0 unspecified atom stereocenters. The van der Waals surface area contributed by atoms with Crippen LogP contribution in [0.25, 0.3) is 34.6 Å². The summed E-state index contributed by atoms with van der Waals surface area (Å²) in [7, 11) is 0. The molecule has 0 radical (unpaired) electrons. The van der Waals surface area contributed by atoms with E-state index in [2.05, 4.69) is 15.0 Å². The van der Waals surface area contributed by atoms with Gasteiger partial charge < -0.3 is 10.7 Å². The minimum atomic E-state index is -0.514. The highest BCUT2D eigenvalue weighted by atomic mass is 35.5. The number of para-hydroxylation sites is 1. The lowest BCUT2D eigenvalue weighted by Gasteiger charge is -2.02. The maximum absolute atomic E-state index is 11.6. The summed E-state index contributed by atoms with van der Waals surface area (Å²) in [5.74, 6) is 0.0729. The molecule has 27 heavy (non-hydrogen) atoms. The molecule has 0 spiro atoms. The van der Waals surface area contributed by atoms with E-state index in [0.717, 1.165) is 22.3 Å². The smallest absolute Gasteiger partial charge is 0.250 e. The number of benzene rings is 2. The number of rotatable bonds is 4. The quantitative estimate of drug-likeness (QED) is 0.549. The van der Waals surface area contributed by atoms with Gasteiger partial charge in [-0.25, -0.2) is 4.98 Å². The molecule has 0 bridgehead atoms. The molecule has 0 aliphatic carbocycles. The molecule has 0 aliphatic heterocycles. The van der Waals surface area contributed by atoms with Gasteiger partial charge in [0.15, 0.2) is 0 Å². The third-order valence-electron chi connectivity index (χ3n) is 4.16. The van der Waals surface area contributed by atoms with Crippen LogP contribution >= 0.6 is 11.6 Å². The zero-order valence-corrected chi connectivity index (χ0v) is 14.9. The van der Waals surface area contributed by atoms with Crippen LogP contribution in [0.4, 0.5) is 0 Å². The molecule has 5 nitrogen and oxygen atoms in total. The third-order valence-corrected chi connectivity index (χ3v) is 4.47. The largest absolute Gasteiger partial charge is 0.366 e. The van der Waals surface area contributed by atoms with Crippen molar-refractivity contribution in [3.63, 3.8) is 0 Å². The van der Waals surface area contributed by atoms with Gasteiger partial charge in [0, 0.05) is 11.8 Å². The molecule has 132 valence electrons. The van der Waals surface area contributed by atoms with Crippen LogP contribution in [0.15, 0.2) is 60.8 Å². The Balaban J connectivity index is 1.69. The number of imidazole rings is 1. The first-order valence-corrected chi connectivity index (χ1v) is 8.67. The van der Waals surface area contributed by atoms with Crippen LogP contribution in [0, 0.1) is 0 Å². The Kier molecular flexibility index (Phi) is 4.44. The topological polar surface area (TPSA) is 84.7 Å². The van der Waals surface area contributed by atoms with Gasteiger partial charge in [-0.15, -0.1) is 0 Å². The van der Waals surface area contributed by atoms with E-state index in [4.69, 9.17) is 17.3 Å². The maximum atomic E-state index is 11.6. The number of carbonyl (C=O) groups is 1. The Bertz CT molecular complexity index is 1170. The normalized spacial score (nSPS) is 11.3. The zero-order chi connectivity index (χ0) is 18.8. The van der Waals surface area contributed by atoms with Crippen molar-refractivity contribution < 1.29 is 4.79 Å². The summed E-state index contributed by atoms with van der Waals surface area (Å²) in [4.78, 5) is 23.6. The van der Waals surface area contributed by atoms with Crippen LogP contribution in [0.3, 0.4) is 0 Å². The van der Waals surface area contributed by atoms with Crippen molar-refractivity contribution in [2.45, 2.75) is 0 Å². The molecule has 2 aromatic carbocycles. The Morgan fingerprint density at radius 2 is 1.96 bits per heavy atom. The number of aromatic amines is 1. The number of nitrogens with two attached hydrogens (primary N) is 1. The number of carbonyl (C=O) groups excluding carboxylic acids is 1. The van der Waals surface area contributed by atoms with E-state index in [9.17, 15) is 4.79 Å². The molecule has 2 aromatic heterocycles. The summed E-state index contributed by atoms with van der Waals surface area (Å²) in [6, 6.07) is 16.7. The molecule has 2 heterocycles. The molecule has 0 saturated carbocycles. The van der Waals surface area contributed by atoms with Gasteiger partial charge in [0.05, 0.1) is 21.8 Å². The van der Waals surface area contributed by atoms with Crippen molar-refractivity contribution in [3.05, 3.63) is 82.6 Å². The van der Waals surface area contributed by atoms with E-state index in [0.29, 0.717) is 21.9 Å². The summed E-state index contributed by atoms with van der Waals surface area (Å²) in [5, 5.41) is 0.554. The Morgan fingerprint density at radius 1 is 1.07 bits per heavy atom. The van der Waals surface area contributed by atoms with Gasteiger partial charge in [-0.2, -0.15) is 0 Å². The second-order valence-electron chi connectivity index (χ2n) is 5.98. The molecular weight excluding hydrogens is 360 g/mol. The summed E-state index contributed by atoms with van der Waals surface area (Å²) in [6.07, 6.45) is 5.62. The van der Waals surface area contributed by atoms with Crippen molar-refractivity contribution in [1.82, 2.24) is 15.0 Å². The highest BCUT2D eigenvalue weighted by Crippen LogP contribution is 2.29. The highest BCUT2D eigenvalue weighted by Gasteiger charge is 2.13. The first-order valence-electron chi connectivity index (χ1n) is 8.29. The molecule has 3 N–H and O–H groups in total. The van der Waals surface area contributed by atoms with Crippen molar-refractivity contribution >= 4 is 40.7 Å². The maximum Gasteiger partial charge on any atom is 0.250 e. The number of amides is 1. The van der Waals surface area contributed by atoms with Gasteiger partial charge in [0.2, 0.25) is 0 Å². The van der Waals surface area contributed by atoms with Gasteiger partial charge in [0.25, 0.3) is 5.91 Å². The van der Waals surface area contributed by atoms with E-state index in [1.165, 1.54) is 0 Å². The minimum Gasteiger partial charge on any atom is -0.366 e. The third kappa shape index (κ3) is 3.45. The van der Waals surface area contributed by atoms with Gasteiger partial charge in [-0.1, -0.05) is 35.9 Å². The second kappa shape index (κ2) is 7.05. The number of pyridine rings is 1. The number of fused-ring (bicyclic) bond motifs is 1. The standard InChI is InChI=1S/C21H15ClN4O/c22-17-12-13(7-9-14-4-1-2-11-24-14)8-10-15(17)21-25-18-6-3-5-16(20(23)27)19(18)26-21/h1-12H,(H2,23,27)(H,25,26)/b9-7+. The van der Waals surface area contributed by atoms with Crippen LogP contribution in [0.1, 0.15) is 21.6 Å². The van der Waals surface area contributed by atoms with Crippen LogP contribution in [0.5, 0.6) is 0 Å². The molecule has 0 saturated heterocycles. The number of primary amides is 1. The molecule has 1 amide bonds. The average molecular weight is 375 g/mol.